The van der Waals surface area contributed by atoms with E-state index in [0.717, 1.165) is 12.1 Å². The molecule has 3 aromatic rings. The van der Waals surface area contributed by atoms with Crippen LogP contribution in [-0.2, 0) is 23.7 Å². The molecule has 0 spiro atoms. The number of esters is 1. The van der Waals surface area contributed by atoms with Crippen molar-refractivity contribution in [3.63, 3.8) is 0 Å². The van der Waals surface area contributed by atoms with Crippen molar-refractivity contribution in [3.05, 3.63) is 95.6 Å². The van der Waals surface area contributed by atoms with Crippen LogP contribution in [0, 0.1) is 0 Å². The average Bonchev–Trinajstić information content (AvgIpc) is 3.38. The van der Waals surface area contributed by atoms with E-state index in [1.54, 1.807) is 24.3 Å². The fourth-order valence-electron chi connectivity index (χ4n) is 5.12. The Morgan fingerprint density at radius 1 is 0.840 bits per heavy atom. The maximum Gasteiger partial charge on any atom is 0.330 e. The van der Waals surface area contributed by atoms with E-state index >= 15 is 0 Å². The Bertz CT molecular complexity index is 1690. The number of aliphatic hydroxyl groups is 5. The van der Waals surface area contributed by atoms with Gasteiger partial charge in [0.1, 0.15) is 54.0 Å². The Morgan fingerprint density at radius 3 is 2.14 bits per heavy atom. The lowest BCUT2D eigenvalue weighted by molar-refractivity contribution is -0.318. The fraction of sp³-hybridized carbons (Fsp3) is 0.314. The molecule has 5 rings (SSSR count). The van der Waals surface area contributed by atoms with Crippen molar-refractivity contribution in [1.82, 2.24) is 0 Å². The molecule has 0 radical (unpaired) electrons. The third-order valence-electron chi connectivity index (χ3n) is 8.00. The zero-order chi connectivity index (χ0) is 36.0. The number of phenolic OH excluding ortho intramolecular Hbond substituents is 3. The number of carbonyl (C=O) groups excluding carboxylic acids is 2. The summed E-state index contributed by atoms with van der Waals surface area (Å²) < 4.78 is 27.8. The largest absolute Gasteiger partial charge is 0.508 e. The molecule has 266 valence electrons. The van der Waals surface area contributed by atoms with Crippen LogP contribution in [0.5, 0.6) is 23.0 Å². The highest BCUT2D eigenvalue weighted by atomic mass is 16.8. The molecule has 2 fully saturated rings. The predicted molar refractivity (Wildman–Crippen MR) is 172 cm³/mol. The standard InChI is InChI=1S/C35H36O15/c36-16-27-29(42)30(43)31(50-34-32(44)35(45,18-47-34)17-46-28(41)14-6-19-1-7-21(37)8-2-19)33(49-27)48-23-10-3-20(4-11-23)5-13-25(39)24-12-9-22(38)15-26(24)40/h1-15,27,29-34,36-38,40,42-45H,16-18H2/b13-5-,14-6+/t27-,29+,30-,31+,32+,33+,34-,35+/m0/s1. The van der Waals surface area contributed by atoms with Gasteiger partial charge in [-0.05, 0) is 59.7 Å². The summed E-state index contributed by atoms with van der Waals surface area (Å²) in [6, 6.07) is 15.8. The highest BCUT2D eigenvalue weighted by molar-refractivity contribution is 6.08. The zero-order valence-electron chi connectivity index (χ0n) is 26.3. The minimum Gasteiger partial charge on any atom is -0.508 e. The molecule has 0 aromatic heterocycles. The van der Waals surface area contributed by atoms with Crippen molar-refractivity contribution >= 4 is 23.9 Å². The molecule has 2 saturated heterocycles. The van der Waals surface area contributed by atoms with Crippen molar-refractivity contribution in [2.45, 2.75) is 48.7 Å². The quantitative estimate of drug-likeness (QED) is 0.0735. The SMILES string of the molecule is O=C(/C=C/c1ccc(O)cc1)OC[C@@]1(O)CO[C@@H](O[C@H]2[C@H](Oc3ccc(/C=C\C(=O)c4ccc(O)cc4O)cc3)O[C@@H](CO)[C@@H](O)[C@@H]2O)[C@H]1O. The molecule has 8 N–H and O–H groups in total. The molecule has 15 nitrogen and oxygen atoms in total. The number of aromatic hydroxyl groups is 3. The van der Waals surface area contributed by atoms with Crippen molar-refractivity contribution in [2.24, 2.45) is 0 Å². The molecule has 0 unspecified atom stereocenters. The first-order valence-corrected chi connectivity index (χ1v) is 15.3. The lowest BCUT2D eigenvalue weighted by atomic mass is 9.98. The lowest BCUT2D eigenvalue weighted by Crippen LogP contribution is -2.62. The zero-order valence-corrected chi connectivity index (χ0v) is 26.3. The number of ether oxygens (including phenoxy) is 5. The summed E-state index contributed by atoms with van der Waals surface area (Å²) in [7, 11) is 0. The Morgan fingerprint density at radius 2 is 1.48 bits per heavy atom. The van der Waals surface area contributed by atoms with Gasteiger partial charge in [-0.3, -0.25) is 4.79 Å². The molecule has 2 aliphatic heterocycles. The minimum atomic E-state index is -2.11. The van der Waals surface area contributed by atoms with Crippen LogP contribution in [0.4, 0.5) is 0 Å². The third kappa shape index (κ3) is 8.65. The van der Waals surface area contributed by atoms with Gasteiger partial charge in [0.15, 0.2) is 23.8 Å². The molecule has 3 aromatic carbocycles. The van der Waals surface area contributed by atoms with Crippen LogP contribution in [0.2, 0.25) is 0 Å². The number of aliphatic hydroxyl groups excluding tert-OH is 4. The van der Waals surface area contributed by atoms with Gasteiger partial charge in [-0.1, -0.05) is 30.3 Å². The van der Waals surface area contributed by atoms with Crippen LogP contribution < -0.4 is 4.74 Å². The smallest absolute Gasteiger partial charge is 0.330 e. The highest BCUT2D eigenvalue weighted by Crippen LogP contribution is 2.33. The second-order valence-electron chi connectivity index (χ2n) is 11.7. The van der Waals surface area contributed by atoms with Crippen molar-refractivity contribution < 1.29 is 74.1 Å². The second kappa shape index (κ2) is 15.8. The number of benzene rings is 3. The summed E-state index contributed by atoms with van der Waals surface area (Å²) in [4.78, 5) is 24.7. The number of allylic oxidation sites excluding steroid dienone is 1. The predicted octanol–water partition coefficient (Wildman–Crippen LogP) is 0.607. The van der Waals surface area contributed by atoms with Crippen LogP contribution in [0.25, 0.3) is 12.2 Å². The van der Waals surface area contributed by atoms with E-state index in [-0.39, 0.29) is 28.6 Å². The van der Waals surface area contributed by atoms with Gasteiger partial charge >= 0.3 is 5.97 Å². The number of ketones is 1. The van der Waals surface area contributed by atoms with E-state index in [1.165, 1.54) is 54.6 Å². The van der Waals surface area contributed by atoms with Crippen molar-refractivity contribution in [2.75, 3.05) is 19.8 Å². The van der Waals surface area contributed by atoms with E-state index < -0.39 is 80.3 Å². The van der Waals surface area contributed by atoms with Gasteiger partial charge in [-0.25, -0.2) is 4.79 Å². The first kappa shape index (κ1) is 36.4. The van der Waals surface area contributed by atoms with Gasteiger partial charge in [0.25, 0.3) is 0 Å². The van der Waals surface area contributed by atoms with Crippen LogP contribution in [0.3, 0.4) is 0 Å². The number of hydrogen-bond donors (Lipinski definition) is 8. The molecule has 15 heteroatoms. The van der Waals surface area contributed by atoms with E-state index in [9.17, 15) is 50.4 Å². The maximum atomic E-state index is 12.5. The molecule has 2 heterocycles. The molecular weight excluding hydrogens is 660 g/mol. The van der Waals surface area contributed by atoms with Crippen molar-refractivity contribution in [1.29, 1.82) is 0 Å². The molecule has 0 saturated carbocycles. The fourth-order valence-corrected chi connectivity index (χ4v) is 5.12. The highest BCUT2D eigenvalue weighted by Gasteiger charge is 2.54. The van der Waals surface area contributed by atoms with Gasteiger partial charge in [0, 0.05) is 12.1 Å². The first-order valence-electron chi connectivity index (χ1n) is 15.3. The number of hydrogen-bond acceptors (Lipinski definition) is 15. The summed E-state index contributed by atoms with van der Waals surface area (Å²) in [5, 5.41) is 81.7. The number of phenols is 3. The summed E-state index contributed by atoms with van der Waals surface area (Å²) in [6.45, 7) is -1.91. The normalized spacial score (nSPS) is 28.2. The van der Waals surface area contributed by atoms with Gasteiger partial charge < -0.3 is 64.5 Å². The lowest BCUT2D eigenvalue weighted by Gasteiger charge is -2.42. The van der Waals surface area contributed by atoms with Gasteiger partial charge in [-0.15, -0.1) is 0 Å². The second-order valence-corrected chi connectivity index (χ2v) is 11.7. The summed E-state index contributed by atoms with van der Waals surface area (Å²) in [5.74, 6) is -1.68. The average molecular weight is 697 g/mol. The van der Waals surface area contributed by atoms with E-state index in [0.29, 0.717) is 11.1 Å². The maximum absolute atomic E-state index is 12.5. The van der Waals surface area contributed by atoms with E-state index in [4.69, 9.17) is 23.7 Å². The summed E-state index contributed by atoms with van der Waals surface area (Å²) >= 11 is 0. The number of rotatable bonds is 12. The van der Waals surface area contributed by atoms with Gasteiger partial charge in [0.05, 0.1) is 18.8 Å². The van der Waals surface area contributed by atoms with Crippen LogP contribution in [0.15, 0.2) is 78.9 Å². The van der Waals surface area contributed by atoms with E-state index in [2.05, 4.69) is 0 Å². The van der Waals surface area contributed by atoms with Crippen molar-refractivity contribution in [3.8, 4) is 23.0 Å². The van der Waals surface area contributed by atoms with E-state index in [1.807, 2.05) is 0 Å². The van der Waals surface area contributed by atoms with Crippen LogP contribution >= 0.6 is 0 Å². The first-order chi connectivity index (χ1) is 23.9. The third-order valence-corrected chi connectivity index (χ3v) is 8.00. The molecule has 8 atom stereocenters. The molecule has 0 aliphatic carbocycles. The Kier molecular flexibility index (Phi) is 11.5. The van der Waals surface area contributed by atoms with Gasteiger partial charge in [-0.2, -0.15) is 0 Å². The van der Waals surface area contributed by atoms with Crippen LogP contribution in [0.1, 0.15) is 21.5 Å². The Balaban J connectivity index is 1.21. The Hall–Kier alpha value is -4.84. The molecular formula is C35H36O15. The summed E-state index contributed by atoms with van der Waals surface area (Å²) in [5.41, 5.74) is -0.960. The molecule has 0 amide bonds. The van der Waals surface area contributed by atoms with Gasteiger partial charge in [0.2, 0.25) is 6.29 Å². The molecule has 0 bridgehead atoms. The Labute approximate surface area is 285 Å². The number of carbonyl (C=O) groups is 2. The topological polar surface area (TPSA) is 242 Å². The molecule has 50 heavy (non-hydrogen) atoms. The minimum absolute atomic E-state index is 0.00591. The monoisotopic (exact) mass is 696 g/mol. The molecule has 2 aliphatic rings. The summed E-state index contributed by atoms with van der Waals surface area (Å²) in [6.07, 6.45) is -5.81. The van der Waals surface area contributed by atoms with Crippen LogP contribution in [-0.4, -0.2) is 121 Å².